The lowest BCUT2D eigenvalue weighted by Crippen LogP contribution is -1.98. The first-order valence-electron chi connectivity index (χ1n) is 4.19. The molecule has 0 heterocycles. The van der Waals surface area contributed by atoms with Gasteiger partial charge in [-0.25, -0.2) is 8.78 Å². The normalized spacial score (nSPS) is 10.8. The first kappa shape index (κ1) is 10.1. The van der Waals surface area contributed by atoms with Crippen molar-refractivity contribution in [1.82, 2.24) is 0 Å². The molecule has 0 spiro atoms. The van der Waals surface area contributed by atoms with Gasteiger partial charge in [0.25, 0.3) is 0 Å². The van der Waals surface area contributed by atoms with Gasteiger partial charge in [0.15, 0.2) is 0 Å². The fourth-order valence-corrected chi connectivity index (χ4v) is 1.22. The van der Waals surface area contributed by atoms with Crippen LogP contribution in [0, 0.1) is 0 Å². The van der Waals surface area contributed by atoms with E-state index in [1.807, 2.05) is 6.07 Å². The van der Waals surface area contributed by atoms with Crippen LogP contribution in [0.1, 0.15) is 11.1 Å². The molecule has 0 aliphatic heterocycles. The number of hydrogen-bond donors (Lipinski definition) is 1. The molecule has 0 amide bonds. The predicted molar refractivity (Wildman–Crippen MR) is 46.9 cm³/mol. The monoisotopic (exact) mass is 186 g/mol. The van der Waals surface area contributed by atoms with Crippen LogP contribution in [0.15, 0.2) is 24.3 Å². The Morgan fingerprint density at radius 3 is 2.54 bits per heavy atom. The van der Waals surface area contributed by atoms with Crippen molar-refractivity contribution < 1.29 is 13.9 Å². The van der Waals surface area contributed by atoms with Crippen LogP contribution in [0.5, 0.6) is 0 Å². The maximum Gasteiger partial charge on any atom is 0.242 e. The fourth-order valence-electron chi connectivity index (χ4n) is 1.22. The summed E-state index contributed by atoms with van der Waals surface area (Å²) < 4.78 is 24.0. The second-order valence-corrected chi connectivity index (χ2v) is 2.89. The van der Waals surface area contributed by atoms with Crippen LogP contribution >= 0.6 is 0 Å². The lowest BCUT2D eigenvalue weighted by atomic mass is 10.1. The highest BCUT2D eigenvalue weighted by Gasteiger charge is 2.04. The molecule has 13 heavy (non-hydrogen) atoms. The van der Waals surface area contributed by atoms with E-state index in [0.29, 0.717) is 12.0 Å². The lowest BCUT2D eigenvalue weighted by molar-refractivity contribution is 0.149. The third-order valence-corrected chi connectivity index (χ3v) is 1.78. The molecule has 0 bridgehead atoms. The number of aliphatic hydroxyl groups excluding tert-OH is 1. The van der Waals surface area contributed by atoms with E-state index in [1.54, 1.807) is 18.2 Å². The first-order chi connectivity index (χ1) is 6.22. The molecule has 3 heteroatoms. The van der Waals surface area contributed by atoms with Gasteiger partial charge in [-0.1, -0.05) is 24.3 Å². The van der Waals surface area contributed by atoms with E-state index in [9.17, 15) is 8.78 Å². The first-order valence-corrected chi connectivity index (χ1v) is 4.19. The van der Waals surface area contributed by atoms with Crippen molar-refractivity contribution in [3.63, 3.8) is 0 Å². The minimum atomic E-state index is -2.30. The average molecular weight is 186 g/mol. The number of halogens is 2. The Bertz CT molecular complexity index is 261. The van der Waals surface area contributed by atoms with Gasteiger partial charge in [-0.15, -0.1) is 0 Å². The zero-order valence-corrected chi connectivity index (χ0v) is 7.21. The minimum Gasteiger partial charge on any atom is -0.396 e. The Balaban J connectivity index is 2.67. The molecular weight excluding hydrogens is 174 g/mol. The van der Waals surface area contributed by atoms with Crippen molar-refractivity contribution in [3.05, 3.63) is 35.4 Å². The van der Waals surface area contributed by atoms with Gasteiger partial charge < -0.3 is 5.11 Å². The van der Waals surface area contributed by atoms with Gasteiger partial charge in [-0.05, 0) is 17.5 Å². The van der Waals surface area contributed by atoms with Gasteiger partial charge in [0.2, 0.25) is 6.43 Å². The summed E-state index contributed by atoms with van der Waals surface area (Å²) in [5.41, 5.74) is 1.53. The SMILES string of the molecule is OCCc1cccc(CC(F)F)c1. The molecule has 1 aromatic rings. The second-order valence-electron chi connectivity index (χ2n) is 2.89. The van der Waals surface area contributed by atoms with E-state index < -0.39 is 6.43 Å². The molecule has 72 valence electrons. The number of aliphatic hydroxyl groups is 1. The number of alkyl halides is 2. The number of rotatable bonds is 4. The van der Waals surface area contributed by atoms with Gasteiger partial charge in [0.1, 0.15) is 0 Å². The Labute approximate surface area is 76.0 Å². The van der Waals surface area contributed by atoms with Crippen LogP contribution < -0.4 is 0 Å². The van der Waals surface area contributed by atoms with E-state index >= 15 is 0 Å². The number of benzene rings is 1. The van der Waals surface area contributed by atoms with Crippen LogP contribution in [-0.4, -0.2) is 18.1 Å². The second kappa shape index (κ2) is 4.92. The molecule has 1 N–H and O–H groups in total. The third kappa shape index (κ3) is 3.51. The Morgan fingerprint density at radius 2 is 1.92 bits per heavy atom. The molecule has 0 radical (unpaired) electrons. The van der Waals surface area contributed by atoms with E-state index in [0.717, 1.165) is 5.56 Å². The topological polar surface area (TPSA) is 20.2 Å². The lowest BCUT2D eigenvalue weighted by Gasteiger charge is -2.03. The third-order valence-electron chi connectivity index (χ3n) is 1.78. The highest BCUT2D eigenvalue weighted by molar-refractivity contribution is 5.23. The van der Waals surface area contributed by atoms with Crippen LogP contribution in [0.4, 0.5) is 8.78 Å². The minimum absolute atomic E-state index is 0.0537. The van der Waals surface area contributed by atoms with Crippen LogP contribution in [0.2, 0.25) is 0 Å². The van der Waals surface area contributed by atoms with Crippen LogP contribution in [0.25, 0.3) is 0 Å². The van der Waals surface area contributed by atoms with Crippen LogP contribution in [-0.2, 0) is 12.8 Å². The molecule has 1 rings (SSSR count). The van der Waals surface area contributed by atoms with E-state index in [-0.39, 0.29) is 13.0 Å². The highest BCUT2D eigenvalue weighted by Crippen LogP contribution is 2.10. The van der Waals surface area contributed by atoms with Gasteiger partial charge >= 0.3 is 0 Å². The van der Waals surface area contributed by atoms with Crippen molar-refractivity contribution in [2.24, 2.45) is 0 Å². The summed E-state index contributed by atoms with van der Waals surface area (Å²) in [6.07, 6.45) is -1.99. The van der Waals surface area contributed by atoms with Crippen molar-refractivity contribution >= 4 is 0 Å². The van der Waals surface area contributed by atoms with E-state index in [2.05, 4.69) is 0 Å². The number of hydrogen-bond acceptors (Lipinski definition) is 1. The summed E-state index contributed by atoms with van der Waals surface area (Å²) in [4.78, 5) is 0. The van der Waals surface area contributed by atoms with E-state index in [1.165, 1.54) is 0 Å². The summed E-state index contributed by atoms with van der Waals surface area (Å²) in [6, 6.07) is 6.95. The van der Waals surface area contributed by atoms with Gasteiger partial charge in [-0.2, -0.15) is 0 Å². The molecule has 0 unspecified atom stereocenters. The summed E-state index contributed by atoms with van der Waals surface area (Å²) in [7, 11) is 0. The highest BCUT2D eigenvalue weighted by atomic mass is 19.3. The van der Waals surface area contributed by atoms with Gasteiger partial charge in [0.05, 0.1) is 0 Å². The maximum atomic E-state index is 12.0. The van der Waals surface area contributed by atoms with Crippen molar-refractivity contribution in [3.8, 4) is 0 Å². The van der Waals surface area contributed by atoms with Gasteiger partial charge in [-0.3, -0.25) is 0 Å². The zero-order valence-electron chi connectivity index (χ0n) is 7.21. The quantitative estimate of drug-likeness (QED) is 0.762. The summed E-state index contributed by atoms with van der Waals surface area (Å²) >= 11 is 0. The summed E-state index contributed by atoms with van der Waals surface area (Å²) in [5, 5.41) is 8.64. The standard InChI is InChI=1S/C10H12F2O/c11-10(12)7-9-3-1-2-8(6-9)4-5-13/h1-3,6,10,13H,4-5,7H2. The van der Waals surface area contributed by atoms with Crippen molar-refractivity contribution in [2.45, 2.75) is 19.3 Å². The molecule has 0 saturated heterocycles. The molecule has 1 aromatic carbocycles. The molecular formula is C10H12F2O. The summed E-state index contributed by atoms with van der Waals surface area (Å²) in [6.45, 7) is 0.0537. The van der Waals surface area contributed by atoms with Crippen LogP contribution in [0.3, 0.4) is 0 Å². The Morgan fingerprint density at radius 1 is 1.23 bits per heavy atom. The molecule has 0 aliphatic rings. The van der Waals surface area contributed by atoms with Gasteiger partial charge in [0, 0.05) is 13.0 Å². The molecule has 0 aliphatic carbocycles. The Kier molecular flexibility index (Phi) is 3.83. The Hall–Kier alpha value is -0.960. The molecule has 0 aromatic heterocycles. The summed E-state index contributed by atoms with van der Waals surface area (Å²) in [5.74, 6) is 0. The fraction of sp³-hybridized carbons (Fsp3) is 0.400. The molecule has 1 nitrogen and oxygen atoms in total. The predicted octanol–water partition coefficient (Wildman–Crippen LogP) is 2.03. The zero-order chi connectivity index (χ0) is 9.68. The van der Waals surface area contributed by atoms with E-state index in [4.69, 9.17) is 5.11 Å². The smallest absolute Gasteiger partial charge is 0.242 e. The molecule has 0 atom stereocenters. The van der Waals surface area contributed by atoms with Crippen molar-refractivity contribution in [2.75, 3.05) is 6.61 Å². The molecule has 0 fully saturated rings. The average Bonchev–Trinajstić information content (AvgIpc) is 2.04. The largest absolute Gasteiger partial charge is 0.396 e. The van der Waals surface area contributed by atoms with Crippen molar-refractivity contribution in [1.29, 1.82) is 0 Å². The maximum absolute atomic E-state index is 12.0. The molecule has 0 saturated carbocycles.